The van der Waals surface area contributed by atoms with E-state index in [2.05, 4.69) is 17.3 Å². The number of halogens is 1. The minimum Gasteiger partial charge on any atom is -0.492 e. The molecule has 1 amide bonds. The fourth-order valence-corrected chi connectivity index (χ4v) is 4.48. The van der Waals surface area contributed by atoms with Crippen LogP contribution < -0.4 is 19.5 Å². The van der Waals surface area contributed by atoms with E-state index in [-0.39, 0.29) is 12.3 Å². The van der Waals surface area contributed by atoms with Gasteiger partial charge in [-0.25, -0.2) is 0 Å². The monoisotopic (exact) mass is 488 g/mol. The first-order valence-electron chi connectivity index (χ1n) is 11.9. The highest BCUT2D eigenvalue weighted by Gasteiger charge is 2.18. The van der Waals surface area contributed by atoms with Gasteiger partial charge in [0.15, 0.2) is 11.5 Å². The van der Waals surface area contributed by atoms with E-state index in [1.165, 1.54) is 0 Å². The molecule has 1 saturated heterocycles. The lowest BCUT2D eigenvalue weighted by Gasteiger charge is -2.31. The van der Waals surface area contributed by atoms with Gasteiger partial charge in [0, 0.05) is 38.8 Å². The number of nitrogens with one attached hydrogen (secondary N) is 1. The first-order chi connectivity index (χ1) is 16.6. The summed E-state index contributed by atoms with van der Waals surface area (Å²) >= 11 is 6.34. The highest BCUT2D eigenvalue weighted by Crippen LogP contribution is 2.38. The molecule has 0 aromatic heterocycles. The second kappa shape index (κ2) is 12.3. The maximum Gasteiger partial charge on any atom is 0.224 e. The molecule has 34 heavy (non-hydrogen) atoms. The van der Waals surface area contributed by atoms with Gasteiger partial charge < -0.3 is 24.3 Å². The van der Waals surface area contributed by atoms with E-state index in [1.807, 2.05) is 30.3 Å². The molecular weight excluding hydrogens is 456 g/mol. The Balaban J connectivity index is 1.24. The van der Waals surface area contributed by atoms with E-state index in [0.717, 1.165) is 55.9 Å². The standard InChI is InChI=1S/C26H33ClN2O5/c1-29(21-6-11-31-12-7-21)8-13-32-22-5-2-4-19(14-22)18-28-25(30)17-20-15-23(27)26-24(16-20)33-9-3-10-34-26/h2,4-5,14-16,21H,3,6-13,17-18H2,1H3,(H,28,30). The molecule has 0 spiro atoms. The Morgan fingerprint density at radius 2 is 1.94 bits per heavy atom. The Kier molecular flexibility index (Phi) is 8.91. The van der Waals surface area contributed by atoms with Crippen LogP contribution in [0.4, 0.5) is 0 Å². The summed E-state index contributed by atoms with van der Waals surface area (Å²) in [5.74, 6) is 1.87. The Hall–Kier alpha value is -2.48. The van der Waals surface area contributed by atoms with Gasteiger partial charge in [-0.3, -0.25) is 9.69 Å². The molecular formula is C26H33ClN2O5. The SMILES string of the molecule is CN(CCOc1cccc(CNC(=O)Cc2cc(Cl)c3c(c2)OCCCO3)c1)C1CCOCC1. The van der Waals surface area contributed by atoms with Crippen LogP contribution in [0.15, 0.2) is 36.4 Å². The number of nitrogens with zero attached hydrogens (tertiary/aromatic N) is 1. The fraction of sp³-hybridized carbons (Fsp3) is 0.500. The van der Waals surface area contributed by atoms with Gasteiger partial charge in [0.05, 0.1) is 24.7 Å². The number of carbonyl (C=O) groups is 1. The van der Waals surface area contributed by atoms with E-state index in [0.29, 0.717) is 48.9 Å². The predicted molar refractivity (Wildman–Crippen MR) is 131 cm³/mol. The molecule has 184 valence electrons. The second-order valence-electron chi connectivity index (χ2n) is 8.73. The third-order valence-corrected chi connectivity index (χ3v) is 6.42. The van der Waals surface area contributed by atoms with Crippen molar-refractivity contribution in [1.29, 1.82) is 0 Å². The van der Waals surface area contributed by atoms with Crippen LogP contribution in [0.25, 0.3) is 0 Å². The molecule has 2 aliphatic heterocycles. The van der Waals surface area contributed by atoms with Crippen molar-refractivity contribution >= 4 is 17.5 Å². The minimum absolute atomic E-state index is 0.0880. The van der Waals surface area contributed by atoms with Crippen molar-refractivity contribution in [3.8, 4) is 17.2 Å². The van der Waals surface area contributed by atoms with E-state index in [4.69, 9.17) is 30.5 Å². The van der Waals surface area contributed by atoms with Crippen LogP contribution >= 0.6 is 11.6 Å². The molecule has 2 aliphatic rings. The van der Waals surface area contributed by atoms with Crippen molar-refractivity contribution in [2.75, 3.05) is 46.6 Å². The van der Waals surface area contributed by atoms with Crippen molar-refractivity contribution in [3.05, 3.63) is 52.5 Å². The molecule has 0 bridgehead atoms. The Morgan fingerprint density at radius 1 is 1.12 bits per heavy atom. The maximum atomic E-state index is 12.5. The third kappa shape index (κ3) is 7.01. The largest absolute Gasteiger partial charge is 0.492 e. The zero-order chi connectivity index (χ0) is 23.8. The van der Waals surface area contributed by atoms with Gasteiger partial charge in [-0.2, -0.15) is 0 Å². The number of ether oxygens (including phenoxy) is 4. The summed E-state index contributed by atoms with van der Waals surface area (Å²) in [5.41, 5.74) is 1.78. The van der Waals surface area contributed by atoms with Gasteiger partial charge in [0.2, 0.25) is 5.91 Å². The third-order valence-electron chi connectivity index (χ3n) is 6.14. The maximum absolute atomic E-state index is 12.5. The quantitative estimate of drug-likeness (QED) is 0.578. The average Bonchev–Trinajstić information content (AvgIpc) is 3.09. The average molecular weight is 489 g/mol. The lowest BCUT2D eigenvalue weighted by atomic mass is 10.1. The van der Waals surface area contributed by atoms with Gasteiger partial charge in [0.25, 0.3) is 0 Å². The number of amides is 1. The molecule has 2 heterocycles. The Bertz CT molecular complexity index is 964. The topological polar surface area (TPSA) is 69.3 Å². The van der Waals surface area contributed by atoms with Crippen LogP contribution in [0.2, 0.25) is 5.02 Å². The summed E-state index contributed by atoms with van der Waals surface area (Å²) in [4.78, 5) is 14.9. The van der Waals surface area contributed by atoms with Crippen molar-refractivity contribution in [2.45, 2.75) is 38.3 Å². The number of carbonyl (C=O) groups excluding carboxylic acids is 1. The lowest BCUT2D eigenvalue weighted by molar-refractivity contribution is -0.120. The molecule has 4 rings (SSSR count). The zero-order valence-corrected chi connectivity index (χ0v) is 20.4. The predicted octanol–water partition coefficient (Wildman–Crippen LogP) is 3.85. The number of rotatable bonds is 9. The number of hydrogen-bond acceptors (Lipinski definition) is 6. The summed E-state index contributed by atoms with van der Waals surface area (Å²) in [6, 6.07) is 12.0. The molecule has 0 radical (unpaired) electrons. The van der Waals surface area contributed by atoms with Crippen LogP contribution in [0, 0.1) is 0 Å². The second-order valence-corrected chi connectivity index (χ2v) is 9.14. The van der Waals surface area contributed by atoms with Gasteiger partial charge in [-0.1, -0.05) is 23.7 Å². The summed E-state index contributed by atoms with van der Waals surface area (Å²) in [5, 5.41) is 3.44. The Morgan fingerprint density at radius 3 is 2.79 bits per heavy atom. The first-order valence-corrected chi connectivity index (χ1v) is 12.3. The van der Waals surface area contributed by atoms with Gasteiger partial charge in [-0.05, 0) is 55.3 Å². The molecule has 0 aliphatic carbocycles. The van der Waals surface area contributed by atoms with Crippen molar-refractivity contribution in [3.63, 3.8) is 0 Å². The summed E-state index contributed by atoms with van der Waals surface area (Å²) in [6.45, 7) is 4.73. The van der Waals surface area contributed by atoms with Crippen LogP contribution in [0.3, 0.4) is 0 Å². The number of likely N-dealkylation sites (N-methyl/N-ethyl adjacent to an activating group) is 1. The molecule has 2 aromatic carbocycles. The van der Waals surface area contributed by atoms with Crippen molar-refractivity contribution in [2.24, 2.45) is 0 Å². The van der Waals surface area contributed by atoms with Crippen LogP contribution in [-0.4, -0.2) is 63.5 Å². The molecule has 2 aromatic rings. The van der Waals surface area contributed by atoms with Crippen LogP contribution in [0.5, 0.6) is 17.2 Å². The molecule has 8 heteroatoms. The van der Waals surface area contributed by atoms with E-state index in [9.17, 15) is 4.79 Å². The van der Waals surface area contributed by atoms with Crippen LogP contribution in [-0.2, 0) is 22.5 Å². The Labute approximate surface area is 206 Å². The fourth-order valence-electron chi connectivity index (χ4n) is 4.20. The first kappa shape index (κ1) is 24.6. The van der Waals surface area contributed by atoms with E-state index in [1.54, 1.807) is 6.07 Å². The molecule has 1 fully saturated rings. The minimum atomic E-state index is -0.0880. The molecule has 0 atom stereocenters. The van der Waals surface area contributed by atoms with Gasteiger partial charge in [0.1, 0.15) is 12.4 Å². The normalized spacial score (nSPS) is 16.2. The van der Waals surface area contributed by atoms with Crippen molar-refractivity contribution < 1.29 is 23.7 Å². The smallest absolute Gasteiger partial charge is 0.224 e. The number of hydrogen-bond donors (Lipinski definition) is 1. The van der Waals surface area contributed by atoms with E-state index >= 15 is 0 Å². The molecule has 1 N–H and O–H groups in total. The van der Waals surface area contributed by atoms with Crippen LogP contribution in [0.1, 0.15) is 30.4 Å². The van der Waals surface area contributed by atoms with Crippen molar-refractivity contribution in [1.82, 2.24) is 10.2 Å². The zero-order valence-electron chi connectivity index (χ0n) is 19.7. The molecule has 0 unspecified atom stereocenters. The van der Waals surface area contributed by atoms with Gasteiger partial charge >= 0.3 is 0 Å². The van der Waals surface area contributed by atoms with Gasteiger partial charge in [-0.15, -0.1) is 0 Å². The summed E-state index contributed by atoms with van der Waals surface area (Å²) in [6.07, 6.45) is 3.16. The highest BCUT2D eigenvalue weighted by atomic mass is 35.5. The lowest BCUT2D eigenvalue weighted by Crippen LogP contribution is -2.38. The van der Waals surface area contributed by atoms with E-state index < -0.39 is 0 Å². The highest BCUT2D eigenvalue weighted by molar-refractivity contribution is 6.32. The molecule has 7 nitrogen and oxygen atoms in total. The number of benzene rings is 2. The summed E-state index contributed by atoms with van der Waals surface area (Å²) < 4.78 is 22.8. The number of fused-ring (bicyclic) bond motifs is 1. The molecule has 0 saturated carbocycles. The summed E-state index contributed by atoms with van der Waals surface area (Å²) in [7, 11) is 2.14.